The largest absolute Gasteiger partial charge is 0.383 e. The molecule has 1 rings (SSSR count). The van der Waals surface area contributed by atoms with E-state index in [4.69, 9.17) is 9.47 Å². The fraction of sp³-hybridized carbons (Fsp3) is 1.00. The van der Waals surface area contributed by atoms with Crippen molar-refractivity contribution in [1.29, 1.82) is 0 Å². The van der Waals surface area contributed by atoms with E-state index in [2.05, 4.69) is 10.2 Å². The second-order valence-electron chi connectivity index (χ2n) is 4.36. The minimum absolute atomic E-state index is 0.802. The van der Waals surface area contributed by atoms with E-state index in [1.165, 1.54) is 25.8 Å². The van der Waals surface area contributed by atoms with Crippen LogP contribution in [0.4, 0.5) is 0 Å². The molecule has 0 radical (unpaired) electrons. The molecule has 0 amide bonds. The molecule has 1 N–H and O–H groups in total. The molecule has 0 bridgehead atoms. The summed E-state index contributed by atoms with van der Waals surface area (Å²) in [5.41, 5.74) is 0. The van der Waals surface area contributed by atoms with Gasteiger partial charge in [-0.2, -0.15) is 0 Å². The van der Waals surface area contributed by atoms with Crippen molar-refractivity contribution in [2.24, 2.45) is 0 Å². The number of ether oxygens (including phenoxy) is 2. The SMILES string of the molecule is COCCNCCCN(CCOC)C1CC1. The molecule has 1 aliphatic rings. The Morgan fingerprint density at radius 3 is 2.44 bits per heavy atom. The summed E-state index contributed by atoms with van der Waals surface area (Å²) in [5.74, 6) is 0. The van der Waals surface area contributed by atoms with Crippen molar-refractivity contribution in [3.63, 3.8) is 0 Å². The lowest BCUT2D eigenvalue weighted by molar-refractivity contribution is 0.142. The molecule has 0 aromatic rings. The van der Waals surface area contributed by atoms with Gasteiger partial charge in [0.2, 0.25) is 0 Å². The smallest absolute Gasteiger partial charge is 0.0589 e. The Kier molecular flexibility index (Phi) is 7.76. The Bertz CT molecular complexity index is 163. The summed E-state index contributed by atoms with van der Waals surface area (Å²) in [4.78, 5) is 2.56. The van der Waals surface area contributed by atoms with Crippen LogP contribution in [0.25, 0.3) is 0 Å². The maximum Gasteiger partial charge on any atom is 0.0589 e. The van der Waals surface area contributed by atoms with Crippen molar-refractivity contribution in [3.05, 3.63) is 0 Å². The first kappa shape index (κ1) is 13.9. The third-order valence-electron chi connectivity index (χ3n) is 2.93. The molecule has 96 valence electrons. The fourth-order valence-electron chi connectivity index (χ4n) is 1.83. The molecule has 4 heteroatoms. The maximum absolute atomic E-state index is 5.14. The summed E-state index contributed by atoms with van der Waals surface area (Å²) in [5, 5.41) is 3.37. The molecule has 0 aromatic heterocycles. The second-order valence-corrected chi connectivity index (χ2v) is 4.36. The van der Waals surface area contributed by atoms with Crippen molar-refractivity contribution in [1.82, 2.24) is 10.2 Å². The third kappa shape index (κ3) is 6.43. The zero-order valence-electron chi connectivity index (χ0n) is 10.7. The summed E-state index contributed by atoms with van der Waals surface area (Å²) in [7, 11) is 3.51. The van der Waals surface area contributed by atoms with Crippen LogP contribution in [0.5, 0.6) is 0 Å². The predicted molar refractivity (Wildman–Crippen MR) is 65.8 cm³/mol. The first-order valence-corrected chi connectivity index (χ1v) is 6.31. The maximum atomic E-state index is 5.14. The van der Waals surface area contributed by atoms with Crippen LogP contribution in [-0.2, 0) is 9.47 Å². The van der Waals surface area contributed by atoms with Gasteiger partial charge in [-0.05, 0) is 32.4 Å². The van der Waals surface area contributed by atoms with Gasteiger partial charge in [-0.25, -0.2) is 0 Å². The van der Waals surface area contributed by atoms with Gasteiger partial charge in [0.1, 0.15) is 0 Å². The topological polar surface area (TPSA) is 33.7 Å². The Balaban J connectivity index is 1.95. The fourth-order valence-corrected chi connectivity index (χ4v) is 1.83. The van der Waals surface area contributed by atoms with E-state index < -0.39 is 0 Å². The molecular weight excluding hydrogens is 204 g/mol. The molecule has 0 aromatic carbocycles. The number of rotatable bonds is 11. The minimum atomic E-state index is 0.802. The highest BCUT2D eigenvalue weighted by Gasteiger charge is 2.27. The average molecular weight is 230 g/mol. The molecule has 0 atom stereocenters. The summed E-state index contributed by atoms with van der Waals surface area (Å²) >= 11 is 0. The van der Waals surface area contributed by atoms with Crippen molar-refractivity contribution in [2.45, 2.75) is 25.3 Å². The van der Waals surface area contributed by atoms with Gasteiger partial charge in [-0.3, -0.25) is 4.90 Å². The van der Waals surface area contributed by atoms with Gasteiger partial charge >= 0.3 is 0 Å². The molecule has 0 aliphatic heterocycles. The zero-order valence-corrected chi connectivity index (χ0v) is 10.7. The molecule has 0 spiro atoms. The highest BCUT2D eigenvalue weighted by atomic mass is 16.5. The Hall–Kier alpha value is -0.160. The molecule has 1 fully saturated rings. The lowest BCUT2D eigenvalue weighted by Gasteiger charge is -2.21. The van der Waals surface area contributed by atoms with Crippen LogP contribution >= 0.6 is 0 Å². The van der Waals surface area contributed by atoms with Crippen LogP contribution in [0.1, 0.15) is 19.3 Å². The minimum Gasteiger partial charge on any atom is -0.383 e. The summed E-state index contributed by atoms with van der Waals surface area (Å²) in [6.07, 6.45) is 3.96. The lowest BCUT2D eigenvalue weighted by Crippen LogP contribution is -2.32. The van der Waals surface area contributed by atoms with Gasteiger partial charge in [-0.1, -0.05) is 0 Å². The molecule has 1 saturated carbocycles. The van der Waals surface area contributed by atoms with Gasteiger partial charge in [0, 0.05) is 33.4 Å². The van der Waals surface area contributed by atoms with Crippen molar-refractivity contribution in [2.75, 3.05) is 53.6 Å². The van der Waals surface area contributed by atoms with Crippen molar-refractivity contribution in [3.8, 4) is 0 Å². The average Bonchev–Trinajstić information content (AvgIpc) is 3.11. The Labute approximate surface area is 99.3 Å². The van der Waals surface area contributed by atoms with Gasteiger partial charge in [0.25, 0.3) is 0 Å². The van der Waals surface area contributed by atoms with E-state index in [-0.39, 0.29) is 0 Å². The molecular formula is C12H26N2O2. The van der Waals surface area contributed by atoms with Crippen LogP contribution in [0.3, 0.4) is 0 Å². The monoisotopic (exact) mass is 230 g/mol. The predicted octanol–water partition coefficient (Wildman–Crippen LogP) is 0.723. The van der Waals surface area contributed by atoms with E-state index in [1.807, 2.05) is 0 Å². The number of hydrogen-bond donors (Lipinski definition) is 1. The summed E-state index contributed by atoms with van der Waals surface area (Å²) in [6, 6.07) is 0.842. The van der Waals surface area contributed by atoms with E-state index >= 15 is 0 Å². The molecule has 0 unspecified atom stereocenters. The number of nitrogens with zero attached hydrogens (tertiary/aromatic N) is 1. The highest BCUT2D eigenvalue weighted by molar-refractivity contribution is 4.84. The second kappa shape index (κ2) is 8.93. The van der Waals surface area contributed by atoms with Gasteiger partial charge in [0.15, 0.2) is 0 Å². The van der Waals surface area contributed by atoms with E-state index in [9.17, 15) is 0 Å². The first-order valence-electron chi connectivity index (χ1n) is 6.31. The first-order chi connectivity index (χ1) is 7.88. The van der Waals surface area contributed by atoms with Gasteiger partial charge in [-0.15, -0.1) is 0 Å². The van der Waals surface area contributed by atoms with E-state index in [0.717, 1.165) is 38.9 Å². The van der Waals surface area contributed by atoms with E-state index in [0.29, 0.717) is 0 Å². The molecule has 0 heterocycles. The Morgan fingerprint density at radius 1 is 1.06 bits per heavy atom. The van der Waals surface area contributed by atoms with Crippen LogP contribution in [0, 0.1) is 0 Å². The summed E-state index contributed by atoms with van der Waals surface area (Å²) < 4.78 is 10.1. The van der Waals surface area contributed by atoms with Crippen LogP contribution in [0.2, 0.25) is 0 Å². The van der Waals surface area contributed by atoms with Crippen molar-refractivity contribution >= 4 is 0 Å². The van der Waals surface area contributed by atoms with E-state index in [1.54, 1.807) is 14.2 Å². The number of hydrogen-bond acceptors (Lipinski definition) is 4. The number of methoxy groups -OCH3 is 2. The van der Waals surface area contributed by atoms with Crippen LogP contribution < -0.4 is 5.32 Å². The third-order valence-corrected chi connectivity index (χ3v) is 2.93. The van der Waals surface area contributed by atoms with Gasteiger partial charge < -0.3 is 14.8 Å². The quantitative estimate of drug-likeness (QED) is 0.530. The van der Waals surface area contributed by atoms with Crippen LogP contribution in [0.15, 0.2) is 0 Å². The number of nitrogens with one attached hydrogen (secondary N) is 1. The lowest BCUT2D eigenvalue weighted by atomic mass is 10.3. The van der Waals surface area contributed by atoms with Gasteiger partial charge in [0.05, 0.1) is 13.2 Å². The molecule has 0 saturated heterocycles. The Morgan fingerprint density at radius 2 is 1.81 bits per heavy atom. The summed E-state index contributed by atoms with van der Waals surface area (Å²) in [6.45, 7) is 5.97. The normalized spacial score (nSPS) is 15.9. The molecule has 4 nitrogen and oxygen atoms in total. The zero-order chi connectivity index (χ0) is 11.6. The van der Waals surface area contributed by atoms with Crippen molar-refractivity contribution < 1.29 is 9.47 Å². The highest BCUT2D eigenvalue weighted by Crippen LogP contribution is 2.26. The molecule has 16 heavy (non-hydrogen) atoms. The standard InChI is InChI=1S/C12H26N2O2/c1-15-10-7-13-6-3-8-14(9-11-16-2)12-4-5-12/h12-13H,3-11H2,1-2H3. The molecule has 1 aliphatic carbocycles. The van der Waals surface area contributed by atoms with Crippen LogP contribution in [-0.4, -0.2) is 64.6 Å².